The highest BCUT2D eigenvalue weighted by Crippen LogP contribution is 2.27. The van der Waals surface area contributed by atoms with Gasteiger partial charge in [-0.05, 0) is 31.6 Å². The number of ketones is 1. The van der Waals surface area contributed by atoms with Crippen LogP contribution in [-0.4, -0.2) is 29.3 Å². The molecule has 2 heterocycles. The molecule has 80 valence electrons. The molecule has 0 aliphatic carbocycles. The Morgan fingerprint density at radius 3 is 3.00 bits per heavy atom. The maximum atomic E-state index is 11.8. The number of pyridine rings is 1. The van der Waals surface area contributed by atoms with Gasteiger partial charge in [-0.25, -0.2) is 0 Å². The van der Waals surface area contributed by atoms with Crippen molar-refractivity contribution in [3.05, 3.63) is 29.0 Å². The van der Waals surface area contributed by atoms with E-state index in [-0.39, 0.29) is 11.8 Å². The summed E-state index contributed by atoms with van der Waals surface area (Å²) < 4.78 is 0. The van der Waals surface area contributed by atoms with Crippen molar-refractivity contribution < 1.29 is 4.79 Å². The molecule has 1 aliphatic heterocycles. The van der Waals surface area contributed by atoms with Gasteiger partial charge in [-0.2, -0.15) is 0 Å². The van der Waals surface area contributed by atoms with Crippen LogP contribution in [0.15, 0.2) is 18.5 Å². The summed E-state index contributed by atoms with van der Waals surface area (Å²) in [5, 5.41) is 0.583. The average Bonchev–Trinajstić information content (AvgIpc) is 2.17. The second-order valence-corrected chi connectivity index (χ2v) is 4.33. The number of hydrogen-bond donors (Lipinski definition) is 0. The molecule has 0 radical (unpaired) electrons. The molecule has 1 atom stereocenters. The third-order valence-electron chi connectivity index (χ3n) is 2.72. The summed E-state index contributed by atoms with van der Waals surface area (Å²) in [4.78, 5) is 17.9. The van der Waals surface area contributed by atoms with Crippen LogP contribution in [0.5, 0.6) is 0 Å². The molecule has 4 heteroatoms. The van der Waals surface area contributed by atoms with Crippen LogP contribution >= 0.6 is 11.6 Å². The SMILES string of the molecule is CN1CCCC(=O)[C@@H]1c1cncc(Cl)c1. The van der Waals surface area contributed by atoms with Crippen molar-refractivity contribution >= 4 is 17.4 Å². The first-order valence-electron chi connectivity index (χ1n) is 5.02. The van der Waals surface area contributed by atoms with Crippen LogP contribution in [0.3, 0.4) is 0 Å². The van der Waals surface area contributed by atoms with Crippen LogP contribution in [0, 0.1) is 0 Å². The number of likely N-dealkylation sites (N-methyl/N-ethyl adjacent to an activating group) is 1. The summed E-state index contributed by atoms with van der Waals surface area (Å²) in [5.41, 5.74) is 0.898. The van der Waals surface area contributed by atoms with E-state index in [1.165, 1.54) is 0 Å². The van der Waals surface area contributed by atoms with E-state index in [0.717, 1.165) is 18.5 Å². The molecule has 0 spiro atoms. The number of carbonyl (C=O) groups excluding carboxylic acids is 1. The van der Waals surface area contributed by atoms with Crippen molar-refractivity contribution in [2.75, 3.05) is 13.6 Å². The molecule has 1 saturated heterocycles. The third kappa shape index (κ3) is 2.19. The number of hydrogen-bond acceptors (Lipinski definition) is 3. The number of piperidine rings is 1. The number of Topliss-reactive ketones (excluding diaryl/α,β-unsaturated/α-hetero) is 1. The minimum atomic E-state index is -0.162. The number of nitrogens with zero attached hydrogens (tertiary/aromatic N) is 2. The zero-order chi connectivity index (χ0) is 10.8. The van der Waals surface area contributed by atoms with Crippen molar-refractivity contribution in [3.63, 3.8) is 0 Å². The van der Waals surface area contributed by atoms with E-state index in [9.17, 15) is 4.79 Å². The molecule has 0 aromatic carbocycles. The summed E-state index contributed by atoms with van der Waals surface area (Å²) in [7, 11) is 1.96. The molecule has 2 rings (SSSR count). The van der Waals surface area contributed by atoms with Crippen molar-refractivity contribution in [2.45, 2.75) is 18.9 Å². The number of rotatable bonds is 1. The second kappa shape index (κ2) is 4.29. The molecule has 1 fully saturated rings. The van der Waals surface area contributed by atoms with E-state index in [4.69, 9.17) is 11.6 Å². The van der Waals surface area contributed by atoms with Crippen LogP contribution in [-0.2, 0) is 4.79 Å². The van der Waals surface area contributed by atoms with Gasteiger partial charge in [-0.15, -0.1) is 0 Å². The number of carbonyl (C=O) groups is 1. The van der Waals surface area contributed by atoms with Gasteiger partial charge in [0.2, 0.25) is 0 Å². The Hall–Kier alpha value is -0.930. The number of halogens is 1. The standard InChI is InChI=1S/C11H13ClN2O/c1-14-4-2-3-10(15)11(14)8-5-9(12)7-13-6-8/h5-7,11H,2-4H2,1H3/t11-/m0/s1. The lowest BCUT2D eigenvalue weighted by Crippen LogP contribution is -2.36. The quantitative estimate of drug-likeness (QED) is 0.732. The predicted molar refractivity (Wildman–Crippen MR) is 58.9 cm³/mol. The molecule has 0 N–H and O–H groups in total. The average molecular weight is 225 g/mol. The van der Waals surface area contributed by atoms with Crippen molar-refractivity contribution in [2.24, 2.45) is 0 Å². The van der Waals surface area contributed by atoms with Crippen LogP contribution < -0.4 is 0 Å². The monoisotopic (exact) mass is 224 g/mol. The molecule has 1 aromatic rings. The Kier molecular flexibility index (Phi) is 3.03. The fourth-order valence-electron chi connectivity index (χ4n) is 2.03. The Morgan fingerprint density at radius 1 is 1.53 bits per heavy atom. The second-order valence-electron chi connectivity index (χ2n) is 3.89. The van der Waals surface area contributed by atoms with Crippen LogP contribution in [0.2, 0.25) is 5.02 Å². The van der Waals surface area contributed by atoms with E-state index in [2.05, 4.69) is 9.88 Å². The maximum absolute atomic E-state index is 11.8. The first kappa shape index (κ1) is 10.6. The van der Waals surface area contributed by atoms with Gasteiger partial charge in [0.15, 0.2) is 5.78 Å². The highest BCUT2D eigenvalue weighted by atomic mass is 35.5. The van der Waals surface area contributed by atoms with Gasteiger partial charge in [0, 0.05) is 18.8 Å². The summed E-state index contributed by atoms with van der Waals surface area (Å²) in [5.74, 6) is 0.257. The van der Waals surface area contributed by atoms with Crippen molar-refractivity contribution in [1.82, 2.24) is 9.88 Å². The minimum absolute atomic E-state index is 0.162. The fraction of sp³-hybridized carbons (Fsp3) is 0.455. The third-order valence-corrected chi connectivity index (χ3v) is 2.93. The van der Waals surface area contributed by atoms with E-state index in [0.29, 0.717) is 11.4 Å². The summed E-state index contributed by atoms with van der Waals surface area (Å²) in [6, 6.07) is 1.66. The first-order valence-corrected chi connectivity index (χ1v) is 5.39. The lowest BCUT2D eigenvalue weighted by Gasteiger charge is -2.31. The highest BCUT2D eigenvalue weighted by molar-refractivity contribution is 6.30. The van der Waals surface area contributed by atoms with Crippen LogP contribution in [0.25, 0.3) is 0 Å². The summed E-state index contributed by atoms with van der Waals surface area (Å²) in [6.45, 7) is 0.947. The fourth-order valence-corrected chi connectivity index (χ4v) is 2.21. The molecular weight excluding hydrogens is 212 g/mol. The number of aromatic nitrogens is 1. The molecule has 3 nitrogen and oxygen atoms in total. The highest BCUT2D eigenvalue weighted by Gasteiger charge is 2.28. The van der Waals surface area contributed by atoms with Crippen molar-refractivity contribution in [3.8, 4) is 0 Å². The van der Waals surface area contributed by atoms with Gasteiger partial charge in [0.1, 0.15) is 0 Å². The van der Waals surface area contributed by atoms with E-state index >= 15 is 0 Å². The minimum Gasteiger partial charge on any atom is -0.298 e. The molecule has 0 saturated carbocycles. The molecule has 0 amide bonds. The Bertz CT molecular complexity index is 381. The van der Waals surface area contributed by atoms with E-state index < -0.39 is 0 Å². The first-order chi connectivity index (χ1) is 7.18. The van der Waals surface area contributed by atoms with Gasteiger partial charge in [-0.1, -0.05) is 11.6 Å². The lowest BCUT2D eigenvalue weighted by molar-refractivity contribution is -0.126. The van der Waals surface area contributed by atoms with Crippen LogP contribution in [0.1, 0.15) is 24.4 Å². The van der Waals surface area contributed by atoms with Crippen LogP contribution in [0.4, 0.5) is 0 Å². The molecule has 1 aliphatic rings. The zero-order valence-corrected chi connectivity index (χ0v) is 9.37. The van der Waals surface area contributed by atoms with Gasteiger partial charge in [0.05, 0.1) is 11.1 Å². The normalized spacial score (nSPS) is 23.1. The van der Waals surface area contributed by atoms with Crippen molar-refractivity contribution in [1.29, 1.82) is 0 Å². The Morgan fingerprint density at radius 2 is 2.33 bits per heavy atom. The maximum Gasteiger partial charge on any atom is 0.154 e. The number of likely N-dealkylation sites (tertiary alicyclic amines) is 1. The van der Waals surface area contributed by atoms with Gasteiger partial charge in [-0.3, -0.25) is 14.7 Å². The summed E-state index contributed by atoms with van der Waals surface area (Å²) in [6.07, 6.45) is 4.90. The van der Waals surface area contributed by atoms with E-state index in [1.807, 2.05) is 13.1 Å². The molecule has 0 bridgehead atoms. The summed E-state index contributed by atoms with van der Waals surface area (Å²) >= 11 is 5.87. The van der Waals surface area contributed by atoms with E-state index in [1.54, 1.807) is 12.4 Å². The molecule has 15 heavy (non-hydrogen) atoms. The molecule has 0 unspecified atom stereocenters. The van der Waals surface area contributed by atoms with Gasteiger partial charge < -0.3 is 0 Å². The smallest absolute Gasteiger partial charge is 0.154 e. The lowest BCUT2D eigenvalue weighted by atomic mass is 9.96. The molecular formula is C11H13ClN2O. The van der Waals surface area contributed by atoms with Gasteiger partial charge in [0.25, 0.3) is 0 Å². The largest absolute Gasteiger partial charge is 0.298 e. The zero-order valence-electron chi connectivity index (χ0n) is 8.61. The predicted octanol–water partition coefficient (Wildman–Crippen LogP) is 2.07. The van der Waals surface area contributed by atoms with Gasteiger partial charge >= 0.3 is 0 Å². The Labute approximate surface area is 94.1 Å². The topological polar surface area (TPSA) is 33.2 Å². The molecule has 1 aromatic heterocycles. The Balaban J connectivity index is 2.31.